The highest BCUT2D eigenvalue weighted by Crippen LogP contribution is 2.46. The maximum Gasteiger partial charge on any atom is 0.210 e. The van der Waals surface area contributed by atoms with Crippen LogP contribution in [-0.2, 0) is 0 Å². The van der Waals surface area contributed by atoms with Gasteiger partial charge in [0.15, 0.2) is 0 Å². The standard InChI is InChI=1S/C19H24N2/c1-3-4-5-10-15-21-18-13-8-6-11-16(18)20(2)17-12-7-9-14-19(17)21/h6-9,11-14H,3-5,10,15H2,1-2H3/q+1. The number of hydrogen-bond acceptors (Lipinski definition) is 2. The van der Waals surface area contributed by atoms with Gasteiger partial charge in [0.05, 0.1) is 0 Å². The van der Waals surface area contributed by atoms with Crippen molar-refractivity contribution in [3.8, 4) is 0 Å². The van der Waals surface area contributed by atoms with Gasteiger partial charge < -0.3 is 4.90 Å². The highest BCUT2D eigenvalue weighted by atomic mass is 15.3. The van der Waals surface area contributed by atoms with Crippen LogP contribution < -0.4 is 9.80 Å². The summed E-state index contributed by atoms with van der Waals surface area (Å²) in [7, 11) is 2.16. The Bertz CT molecular complexity index is 559. The fraction of sp³-hybridized carbons (Fsp3) is 0.368. The quantitative estimate of drug-likeness (QED) is 0.522. The van der Waals surface area contributed by atoms with Crippen molar-refractivity contribution >= 4 is 22.7 Å². The van der Waals surface area contributed by atoms with Crippen molar-refractivity contribution in [3.05, 3.63) is 48.5 Å². The monoisotopic (exact) mass is 280 g/mol. The summed E-state index contributed by atoms with van der Waals surface area (Å²) in [5, 5.41) is 0. The van der Waals surface area contributed by atoms with E-state index in [2.05, 4.69) is 72.3 Å². The van der Waals surface area contributed by atoms with Crippen LogP contribution in [0.2, 0.25) is 0 Å². The third-order valence-corrected chi connectivity index (χ3v) is 4.30. The van der Waals surface area contributed by atoms with Gasteiger partial charge in [-0.1, -0.05) is 55.4 Å². The summed E-state index contributed by atoms with van der Waals surface area (Å²) in [5.41, 5.74) is 5.25. The number of fused-ring (bicyclic) bond motifs is 2. The molecule has 0 unspecified atom stereocenters. The van der Waals surface area contributed by atoms with E-state index in [0.717, 1.165) is 6.54 Å². The van der Waals surface area contributed by atoms with Crippen LogP contribution in [0.5, 0.6) is 0 Å². The number of hydrogen-bond donors (Lipinski definition) is 0. The molecule has 1 heterocycles. The van der Waals surface area contributed by atoms with Gasteiger partial charge in [-0.2, -0.15) is 0 Å². The molecule has 0 bridgehead atoms. The second kappa shape index (κ2) is 6.31. The van der Waals surface area contributed by atoms with Gasteiger partial charge in [-0.15, -0.1) is 0 Å². The summed E-state index contributed by atoms with van der Waals surface area (Å²) in [6.07, 6.45) is 5.18. The van der Waals surface area contributed by atoms with E-state index < -0.39 is 0 Å². The lowest BCUT2D eigenvalue weighted by atomic mass is 10.1. The zero-order valence-electron chi connectivity index (χ0n) is 13.0. The van der Waals surface area contributed by atoms with E-state index in [0.29, 0.717) is 0 Å². The van der Waals surface area contributed by atoms with Crippen molar-refractivity contribution in [2.24, 2.45) is 0 Å². The molecule has 0 saturated carbocycles. The van der Waals surface area contributed by atoms with Crippen LogP contribution in [0.3, 0.4) is 0 Å². The first-order valence-electron chi connectivity index (χ1n) is 8.02. The zero-order chi connectivity index (χ0) is 14.7. The first-order valence-corrected chi connectivity index (χ1v) is 8.02. The molecule has 0 aliphatic carbocycles. The summed E-state index contributed by atoms with van der Waals surface area (Å²) in [6.45, 7) is 3.36. The molecule has 2 aromatic carbocycles. The summed E-state index contributed by atoms with van der Waals surface area (Å²) in [5.74, 6) is 0. The lowest BCUT2D eigenvalue weighted by molar-refractivity contribution is 0.663. The highest BCUT2D eigenvalue weighted by molar-refractivity contribution is 5.87. The van der Waals surface area contributed by atoms with Gasteiger partial charge in [0.2, 0.25) is 11.4 Å². The molecule has 1 aliphatic rings. The molecule has 0 amide bonds. The van der Waals surface area contributed by atoms with Crippen LogP contribution in [0.4, 0.5) is 22.7 Å². The smallest absolute Gasteiger partial charge is 0.210 e. The van der Waals surface area contributed by atoms with E-state index in [1.165, 1.54) is 48.4 Å². The van der Waals surface area contributed by atoms with Crippen molar-refractivity contribution in [3.63, 3.8) is 0 Å². The van der Waals surface area contributed by atoms with Gasteiger partial charge in [0.25, 0.3) is 0 Å². The molecule has 2 aromatic rings. The molecule has 21 heavy (non-hydrogen) atoms. The molecule has 2 nitrogen and oxygen atoms in total. The van der Waals surface area contributed by atoms with Crippen LogP contribution in [0, 0.1) is 0 Å². The molecule has 0 N–H and O–H groups in total. The molecule has 109 valence electrons. The zero-order valence-corrected chi connectivity index (χ0v) is 13.0. The van der Waals surface area contributed by atoms with E-state index in [9.17, 15) is 0 Å². The Labute approximate surface area is 128 Å². The molecule has 0 fully saturated rings. The molecule has 2 heteroatoms. The van der Waals surface area contributed by atoms with Crippen LogP contribution >= 0.6 is 0 Å². The van der Waals surface area contributed by atoms with Gasteiger partial charge in [0.1, 0.15) is 18.4 Å². The number of anilines is 4. The van der Waals surface area contributed by atoms with E-state index in [4.69, 9.17) is 0 Å². The van der Waals surface area contributed by atoms with E-state index in [1.54, 1.807) is 0 Å². The molecular formula is C19H24N2+. The van der Waals surface area contributed by atoms with Gasteiger partial charge in [0, 0.05) is 18.7 Å². The van der Waals surface area contributed by atoms with Gasteiger partial charge in [-0.3, -0.25) is 0 Å². The van der Waals surface area contributed by atoms with Crippen LogP contribution in [-0.4, -0.2) is 13.6 Å². The van der Waals surface area contributed by atoms with Gasteiger partial charge in [-0.25, -0.2) is 0 Å². The Morgan fingerprint density at radius 2 is 1.38 bits per heavy atom. The van der Waals surface area contributed by atoms with Crippen LogP contribution in [0.25, 0.3) is 0 Å². The topological polar surface area (TPSA) is 9.14 Å². The van der Waals surface area contributed by atoms with Crippen molar-refractivity contribution in [1.29, 1.82) is 0 Å². The molecule has 0 atom stereocenters. The van der Waals surface area contributed by atoms with Crippen molar-refractivity contribution < 1.29 is 0 Å². The minimum Gasteiger partial charge on any atom is -0.331 e. The summed E-state index contributed by atoms with van der Waals surface area (Å²) in [6, 6.07) is 17.4. The molecule has 1 radical (unpaired) electrons. The summed E-state index contributed by atoms with van der Waals surface area (Å²) < 4.78 is 0. The Hall–Kier alpha value is -1.80. The minimum absolute atomic E-state index is 1.10. The molecule has 0 spiro atoms. The summed E-state index contributed by atoms with van der Waals surface area (Å²) >= 11 is 0. The predicted octanol–water partition coefficient (Wildman–Crippen LogP) is 5.45. The molecule has 3 rings (SSSR count). The fourth-order valence-electron chi connectivity index (χ4n) is 3.15. The average Bonchev–Trinajstić information content (AvgIpc) is 2.54. The second-order valence-electron chi connectivity index (χ2n) is 5.75. The maximum absolute atomic E-state index is 2.49. The van der Waals surface area contributed by atoms with E-state index >= 15 is 0 Å². The van der Waals surface area contributed by atoms with Crippen molar-refractivity contribution in [2.75, 3.05) is 18.5 Å². The van der Waals surface area contributed by atoms with E-state index in [1.807, 2.05) is 0 Å². The van der Waals surface area contributed by atoms with Crippen molar-refractivity contribution in [2.45, 2.75) is 32.6 Å². The molecular weight excluding hydrogens is 256 g/mol. The molecule has 0 aromatic heterocycles. The normalized spacial score (nSPS) is 13.9. The minimum atomic E-state index is 1.10. The van der Waals surface area contributed by atoms with Gasteiger partial charge >= 0.3 is 0 Å². The Kier molecular flexibility index (Phi) is 4.26. The largest absolute Gasteiger partial charge is 0.331 e. The lowest BCUT2D eigenvalue weighted by Gasteiger charge is -2.31. The average molecular weight is 280 g/mol. The molecule has 0 saturated heterocycles. The number of para-hydroxylation sites is 4. The molecule has 1 aliphatic heterocycles. The number of unbranched alkanes of at least 4 members (excludes halogenated alkanes) is 3. The first kappa shape index (κ1) is 14.2. The highest BCUT2D eigenvalue weighted by Gasteiger charge is 2.33. The first-order chi connectivity index (χ1) is 10.3. The number of rotatable bonds is 5. The maximum atomic E-state index is 2.49. The third kappa shape index (κ3) is 2.68. The number of nitrogens with zero attached hydrogens (tertiary/aromatic N) is 2. The third-order valence-electron chi connectivity index (χ3n) is 4.30. The summed E-state index contributed by atoms with van der Waals surface area (Å²) in [4.78, 5) is 4.79. The Balaban J connectivity index is 1.93. The fourth-order valence-corrected chi connectivity index (χ4v) is 3.15. The Morgan fingerprint density at radius 3 is 1.95 bits per heavy atom. The van der Waals surface area contributed by atoms with Crippen LogP contribution in [0.15, 0.2) is 48.5 Å². The van der Waals surface area contributed by atoms with Gasteiger partial charge in [-0.05, 0) is 18.6 Å². The Morgan fingerprint density at radius 1 is 0.810 bits per heavy atom. The lowest BCUT2D eigenvalue weighted by Crippen LogP contribution is -2.28. The second-order valence-corrected chi connectivity index (χ2v) is 5.75. The number of benzene rings is 2. The van der Waals surface area contributed by atoms with Crippen molar-refractivity contribution in [1.82, 2.24) is 4.90 Å². The van der Waals surface area contributed by atoms with E-state index in [-0.39, 0.29) is 0 Å². The SMILES string of the molecule is CCCCCCN1c2ccccc2[N+](C)c2ccccc21. The van der Waals surface area contributed by atoms with Crippen LogP contribution in [0.1, 0.15) is 32.6 Å². The predicted molar refractivity (Wildman–Crippen MR) is 91.4 cm³/mol.